The van der Waals surface area contributed by atoms with Crippen LogP contribution in [0.15, 0.2) is 24.3 Å². The molecule has 0 bridgehead atoms. The van der Waals surface area contributed by atoms with Gasteiger partial charge in [0.15, 0.2) is 6.10 Å². The third kappa shape index (κ3) is 5.47. The maximum atomic E-state index is 12.0. The summed E-state index contributed by atoms with van der Waals surface area (Å²) >= 11 is 0. The summed E-state index contributed by atoms with van der Waals surface area (Å²) in [6, 6.07) is 5.85. The molecule has 9 nitrogen and oxygen atoms in total. The number of carbonyl (C=O) groups excluding carboxylic acids is 4. The van der Waals surface area contributed by atoms with E-state index in [9.17, 15) is 19.2 Å². The lowest BCUT2D eigenvalue weighted by atomic mass is 10.1. The molecule has 9 heteroatoms. The maximum Gasteiger partial charge on any atom is 0.322 e. The molecule has 0 aliphatic carbocycles. The van der Waals surface area contributed by atoms with E-state index in [1.54, 1.807) is 19.2 Å². The molecule has 1 saturated heterocycles. The zero-order chi connectivity index (χ0) is 19.1. The summed E-state index contributed by atoms with van der Waals surface area (Å²) in [5, 5.41) is 7.14. The van der Waals surface area contributed by atoms with Crippen molar-refractivity contribution in [1.82, 2.24) is 16.0 Å². The Bertz CT molecular complexity index is 688. The van der Waals surface area contributed by atoms with E-state index in [4.69, 9.17) is 9.47 Å². The second kappa shape index (κ2) is 8.84. The Morgan fingerprint density at radius 2 is 1.92 bits per heavy atom. The fourth-order valence-corrected chi connectivity index (χ4v) is 2.31. The predicted molar refractivity (Wildman–Crippen MR) is 90.1 cm³/mol. The highest BCUT2D eigenvalue weighted by Crippen LogP contribution is 2.11. The quantitative estimate of drug-likeness (QED) is 0.449. The van der Waals surface area contributed by atoms with Crippen LogP contribution in [0.3, 0.4) is 0 Å². The first-order valence-electron chi connectivity index (χ1n) is 8.10. The second-order valence-electron chi connectivity index (χ2n) is 5.75. The van der Waals surface area contributed by atoms with Gasteiger partial charge in [-0.15, -0.1) is 0 Å². The second-order valence-corrected chi connectivity index (χ2v) is 5.75. The number of amides is 4. The van der Waals surface area contributed by atoms with Crippen molar-refractivity contribution in [2.75, 3.05) is 7.11 Å². The fourth-order valence-electron chi connectivity index (χ4n) is 2.31. The van der Waals surface area contributed by atoms with E-state index in [2.05, 4.69) is 16.0 Å². The van der Waals surface area contributed by atoms with Crippen LogP contribution in [0.2, 0.25) is 0 Å². The van der Waals surface area contributed by atoms with Gasteiger partial charge in [-0.3, -0.25) is 19.7 Å². The molecule has 2 atom stereocenters. The zero-order valence-corrected chi connectivity index (χ0v) is 14.5. The Hall–Kier alpha value is -3.10. The van der Waals surface area contributed by atoms with E-state index >= 15 is 0 Å². The van der Waals surface area contributed by atoms with Gasteiger partial charge >= 0.3 is 12.0 Å². The Morgan fingerprint density at radius 3 is 2.50 bits per heavy atom. The minimum absolute atomic E-state index is 0.0888. The Labute approximate surface area is 150 Å². The van der Waals surface area contributed by atoms with E-state index in [0.717, 1.165) is 11.3 Å². The molecule has 1 fully saturated rings. The lowest BCUT2D eigenvalue weighted by Gasteiger charge is -2.14. The van der Waals surface area contributed by atoms with Crippen LogP contribution in [0, 0.1) is 0 Å². The Morgan fingerprint density at radius 1 is 1.23 bits per heavy atom. The zero-order valence-electron chi connectivity index (χ0n) is 14.5. The average Bonchev–Trinajstić information content (AvgIpc) is 2.95. The summed E-state index contributed by atoms with van der Waals surface area (Å²) in [5.74, 6) is -0.810. The van der Waals surface area contributed by atoms with Crippen molar-refractivity contribution in [3.05, 3.63) is 29.8 Å². The van der Waals surface area contributed by atoms with Gasteiger partial charge in [0.2, 0.25) is 0 Å². The molecule has 2 unspecified atom stereocenters. The van der Waals surface area contributed by atoms with Crippen LogP contribution >= 0.6 is 0 Å². The summed E-state index contributed by atoms with van der Waals surface area (Å²) in [6.07, 6.45) is -0.946. The summed E-state index contributed by atoms with van der Waals surface area (Å²) in [6.45, 7) is 1.75. The number of hydrogen-bond donors (Lipinski definition) is 3. The first kappa shape index (κ1) is 19.2. The van der Waals surface area contributed by atoms with Crippen molar-refractivity contribution in [3.63, 3.8) is 0 Å². The number of methoxy groups -OCH3 is 1. The summed E-state index contributed by atoms with van der Waals surface area (Å²) in [4.78, 5) is 46.1. The highest BCUT2D eigenvalue weighted by molar-refractivity contribution is 6.04. The van der Waals surface area contributed by atoms with Crippen molar-refractivity contribution < 1.29 is 28.7 Å². The standard InChI is InChI=1S/C17H21N3O6/c1-10(15(22)18-9-11-3-5-12(25-2)6-4-11)26-14(21)8-7-13-16(23)20-17(24)19-13/h3-6,10,13H,7-9H2,1-2H3,(H,18,22)(H2,19,20,23,24). The minimum Gasteiger partial charge on any atom is -0.497 e. The predicted octanol–water partition coefficient (Wildman–Crippen LogP) is 0.231. The van der Waals surface area contributed by atoms with Crippen molar-refractivity contribution in [1.29, 1.82) is 0 Å². The van der Waals surface area contributed by atoms with E-state index in [1.165, 1.54) is 6.92 Å². The molecule has 1 aromatic rings. The molecule has 0 radical (unpaired) electrons. The van der Waals surface area contributed by atoms with E-state index in [1.807, 2.05) is 12.1 Å². The monoisotopic (exact) mass is 363 g/mol. The Balaban J connectivity index is 1.70. The van der Waals surface area contributed by atoms with Crippen molar-refractivity contribution in [2.45, 2.75) is 38.5 Å². The number of esters is 1. The number of benzene rings is 1. The van der Waals surface area contributed by atoms with Gasteiger partial charge in [0, 0.05) is 13.0 Å². The molecule has 140 valence electrons. The molecule has 1 heterocycles. The van der Waals surface area contributed by atoms with Crippen LogP contribution in [-0.4, -0.2) is 43.1 Å². The minimum atomic E-state index is -0.965. The molecule has 4 amide bonds. The molecule has 2 rings (SSSR count). The summed E-state index contributed by atoms with van der Waals surface area (Å²) in [5.41, 5.74) is 0.876. The molecule has 1 aliphatic heterocycles. The molecule has 3 N–H and O–H groups in total. The summed E-state index contributed by atoms with van der Waals surface area (Å²) < 4.78 is 10.1. The van der Waals surface area contributed by atoms with Gasteiger partial charge in [-0.1, -0.05) is 12.1 Å². The molecule has 1 aromatic carbocycles. The van der Waals surface area contributed by atoms with Gasteiger partial charge in [0.1, 0.15) is 11.8 Å². The van der Waals surface area contributed by atoms with Gasteiger partial charge in [0.05, 0.1) is 7.11 Å². The van der Waals surface area contributed by atoms with Gasteiger partial charge in [-0.05, 0) is 31.0 Å². The van der Waals surface area contributed by atoms with E-state index in [-0.39, 0.29) is 12.8 Å². The van der Waals surface area contributed by atoms with Crippen LogP contribution in [0.5, 0.6) is 5.75 Å². The highest BCUT2D eigenvalue weighted by atomic mass is 16.5. The number of hydrogen-bond acceptors (Lipinski definition) is 6. The molecule has 0 spiro atoms. The number of nitrogens with one attached hydrogen (secondary N) is 3. The van der Waals surface area contributed by atoms with Crippen molar-refractivity contribution >= 4 is 23.8 Å². The SMILES string of the molecule is COc1ccc(CNC(=O)C(C)OC(=O)CCC2NC(=O)NC2=O)cc1. The third-order valence-corrected chi connectivity index (χ3v) is 3.80. The van der Waals surface area contributed by atoms with E-state index in [0.29, 0.717) is 6.54 Å². The normalized spacial score (nSPS) is 17.1. The van der Waals surface area contributed by atoms with Crippen molar-refractivity contribution in [3.8, 4) is 5.75 Å². The number of urea groups is 1. The first-order valence-corrected chi connectivity index (χ1v) is 8.10. The largest absolute Gasteiger partial charge is 0.497 e. The van der Waals surface area contributed by atoms with Crippen LogP contribution < -0.4 is 20.7 Å². The number of carbonyl (C=O) groups is 4. The molecule has 0 aromatic heterocycles. The van der Waals surface area contributed by atoms with Crippen molar-refractivity contribution in [2.24, 2.45) is 0 Å². The topological polar surface area (TPSA) is 123 Å². The van der Waals surface area contributed by atoms with Crippen LogP contribution in [0.4, 0.5) is 4.79 Å². The lowest BCUT2D eigenvalue weighted by molar-refractivity contribution is -0.155. The van der Waals surface area contributed by atoms with Gasteiger partial charge in [0.25, 0.3) is 11.8 Å². The number of imide groups is 1. The maximum absolute atomic E-state index is 12.0. The molecule has 26 heavy (non-hydrogen) atoms. The molecule has 1 aliphatic rings. The molecular weight excluding hydrogens is 342 g/mol. The van der Waals surface area contributed by atoms with Gasteiger partial charge in [-0.2, -0.15) is 0 Å². The number of rotatable bonds is 8. The molecular formula is C17H21N3O6. The van der Waals surface area contributed by atoms with E-state index < -0.39 is 36.0 Å². The van der Waals surface area contributed by atoms with Crippen LogP contribution in [0.25, 0.3) is 0 Å². The van der Waals surface area contributed by atoms with Crippen LogP contribution in [-0.2, 0) is 25.7 Å². The van der Waals surface area contributed by atoms with Gasteiger partial charge < -0.3 is 20.1 Å². The number of ether oxygens (including phenoxy) is 2. The lowest BCUT2D eigenvalue weighted by Crippen LogP contribution is -2.36. The smallest absolute Gasteiger partial charge is 0.322 e. The molecule has 0 saturated carbocycles. The Kier molecular flexibility index (Phi) is 6.54. The van der Waals surface area contributed by atoms with Gasteiger partial charge in [-0.25, -0.2) is 4.79 Å². The first-order chi connectivity index (χ1) is 12.4. The third-order valence-electron chi connectivity index (χ3n) is 3.80. The average molecular weight is 363 g/mol. The highest BCUT2D eigenvalue weighted by Gasteiger charge is 2.30. The summed E-state index contributed by atoms with van der Waals surface area (Å²) in [7, 11) is 1.57. The fraction of sp³-hybridized carbons (Fsp3) is 0.412. The van der Waals surface area contributed by atoms with Crippen LogP contribution in [0.1, 0.15) is 25.3 Å².